The number of aromatic amines is 1. The van der Waals surface area contributed by atoms with Crippen molar-refractivity contribution in [2.24, 2.45) is 0 Å². The predicted octanol–water partition coefficient (Wildman–Crippen LogP) is 1.51. The molecule has 2 aromatic rings. The summed E-state index contributed by atoms with van der Waals surface area (Å²) in [5.74, 6) is -0.261. The monoisotopic (exact) mass is 246 g/mol. The molecule has 0 fully saturated rings. The molecule has 18 heavy (non-hydrogen) atoms. The number of aryl methyl sites for hydroxylation is 2. The minimum absolute atomic E-state index is 0.167. The van der Waals surface area contributed by atoms with Gasteiger partial charge in [0.05, 0.1) is 11.8 Å². The van der Waals surface area contributed by atoms with Crippen molar-refractivity contribution in [3.05, 3.63) is 57.4 Å². The van der Waals surface area contributed by atoms with Crippen LogP contribution in [0.2, 0.25) is 0 Å². The van der Waals surface area contributed by atoms with Crippen LogP contribution in [0.25, 0.3) is 0 Å². The summed E-state index contributed by atoms with van der Waals surface area (Å²) in [6.07, 6.45) is 2.79. The van der Waals surface area contributed by atoms with E-state index in [0.29, 0.717) is 11.1 Å². The molecule has 0 aliphatic carbocycles. The smallest absolute Gasteiger partial charge is 0.254 e. The summed E-state index contributed by atoms with van der Waals surface area (Å²) in [6, 6.07) is 3.45. The van der Waals surface area contributed by atoms with E-state index in [1.54, 1.807) is 6.07 Å². The zero-order valence-corrected chi connectivity index (χ0v) is 10.2. The SMILES string of the molecule is Cc1cc(C)c(CNC(=O)c2ccoc2)c(=O)[nH]1. The zero-order valence-electron chi connectivity index (χ0n) is 10.2. The van der Waals surface area contributed by atoms with Crippen LogP contribution in [-0.2, 0) is 6.54 Å². The molecule has 0 atom stereocenters. The standard InChI is InChI=1S/C13H14N2O3/c1-8-5-9(2)15-13(17)11(8)6-14-12(16)10-3-4-18-7-10/h3-5,7H,6H2,1-2H3,(H,14,16)(H,15,17). The van der Waals surface area contributed by atoms with Gasteiger partial charge in [0.25, 0.3) is 11.5 Å². The Morgan fingerprint density at radius 2 is 2.22 bits per heavy atom. The van der Waals surface area contributed by atoms with Crippen LogP contribution in [0.1, 0.15) is 27.2 Å². The molecule has 0 aliphatic heterocycles. The summed E-state index contributed by atoms with van der Waals surface area (Å²) in [7, 11) is 0. The van der Waals surface area contributed by atoms with Crippen LogP contribution in [0.4, 0.5) is 0 Å². The average molecular weight is 246 g/mol. The minimum Gasteiger partial charge on any atom is -0.472 e. The van der Waals surface area contributed by atoms with E-state index in [1.165, 1.54) is 12.5 Å². The number of aromatic nitrogens is 1. The summed E-state index contributed by atoms with van der Waals surface area (Å²) in [4.78, 5) is 26.1. The Balaban J connectivity index is 2.12. The lowest BCUT2D eigenvalue weighted by Gasteiger charge is -2.07. The highest BCUT2D eigenvalue weighted by Gasteiger charge is 2.09. The Bertz CT molecular complexity index is 612. The zero-order chi connectivity index (χ0) is 13.1. The first-order valence-corrected chi connectivity index (χ1v) is 5.57. The van der Waals surface area contributed by atoms with Crippen LogP contribution in [0.5, 0.6) is 0 Å². The second-order valence-corrected chi connectivity index (χ2v) is 4.14. The van der Waals surface area contributed by atoms with Gasteiger partial charge in [-0.25, -0.2) is 0 Å². The van der Waals surface area contributed by atoms with Crippen LogP contribution in [-0.4, -0.2) is 10.9 Å². The van der Waals surface area contributed by atoms with Gasteiger partial charge in [0, 0.05) is 17.8 Å². The minimum atomic E-state index is -0.261. The van der Waals surface area contributed by atoms with Crippen molar-refractivity contribution in [3.63, 3.8) is 0 Å². The molecule has 0 saturated carbocycles. The number of hydrogen-bond acceptors (Lipinski definition) is 3. The lowest BCUT2D eigenvalue weighted by Crippen LogP contribution is -2.27. The molecule has 94 valence electrons. The second kappa shape index (κ2) is 4.91. The molecule has 0 aliphatic rings. The molecular formula is C13H14N2O3. The van der Waals surface area contributed by atoms with E-state index in [1.807, 2.05) is 19.9 Å². The second-order valence-electron chi connectivity index (χ2n) is 4.14. The van der Waals surface area contributed by atoms with Gasteiger partial charge in [0.15, 0.2) is 0 Å². The van der Waals surface area contributed by atoms with E-state index >= 15 is 0 Å². The van der Waals surface area contributed by atoms with Gasteiger partial charge in [0.2, 0.25) is 0 Å². The fourth-order valence-electron chi connectivity index (χ4n) is 1.77. The maximum atomic E-state index is 11.7. The summed E-state index contributed by atoms with van der Waals surface area (Å²) in [5.41, 5.74) is 2.51. The number of amides is 1. The van der Waals surface area contributed by atoms with Crippen LogP contribution in [0.15, 0.2) is 33.9 Å². The molecule has 0 bridgehead atoms. The van der Waals surface area contributed by atoms with Crippen molar-refractivity contribution in [3.8, 4) is 0 Å². The number of carbonyl (C=O) groups is 1. The quantitative estimate of drug-likeness (QED) is 0.862. The molecule has 5 heteroatoms. The highest BCUT2D eigenvalue weighted by atomic mass is 16.3. The number of furan rings is 1. The van der Waals surface area contributed by atoms with Gasteiger partial charge in [-0.05, 0) is 31.5 Å². The Hall–Kier alpha value is -2.30. The first-order chi connectivity index (χ1) is 8.58. The van der Waals surface area contributed by atoms with E-state index in [-0.39, 0.29) is 18.0 Å². The Morgan fingerprint density at radius 3 is 2.83 bits per heavy atom. The maximum Gasteiger partial charge on any atom is 0.254 e. The van der Waals surface area contributed by atoms with Crippen LogP contribution in [0, 0.1) is 13.8 Å². The Morgan fingerprint density at radius 1 is 1.44 bits per heavy atom. The van der Waals surface area contributed by atoms with Gasteiger partial charge in [-0.1, -0.05) is 0 Å². The third-order valence-corrected chi connectivity index (χ3v) is 2.70. The van der Waals surface area contributed by atoms with E-state index in [0.717, 1.165) is 11.3 Å². The lowest BCUT2D eigenvalue weighted by atomic mass is 10.1. The van der Waals surface area contributed by atoms with Gasteiger partial charge in [-0.3, -0.25) is 9.59 Å². The van der Waals surface area contributed by atoms with Crippen molar-refractivity contribution in [1.82, 2.24) is 10.3 Å². The topological polar surface area (TPSA) is 75.1 Å². The van der Waals surface area contributed by atoms with E-state index in [2.05, 4.69) is 10.3 Å². The van der Waals surface area contributed by atoms with Gasteiger partial charge in [-0.15, -0.1) is 0 Å². The van der Waals surface area contributed by atoms with Gasteiger partial charge >= 0.3 is 0 Å². The lowest BCUT2D eigenvalue weighted by molar-refractivity contribution is 0.0950. The highest BCUT2D eigenvalue weighted by molar-refractivity contribution is 5.93. The Labute approximate surface area is 104 Å². The van der Waals surface area contributed by atoms with Crippen LogP contribution < -0.4 is 10.9 Å². The number of pyridine rings is 1. The molecule has 2 N–H and O–H groups in total. The summed E-state index contributed by atoms with van der Waals surface area (Å²) in [6.45, 7) is 3.87. The van der Waals surface area contributed by atoms with Gasteiger partial charge in [0.1, 0.15) is 6.26 Å². The van der Waals surface area contributed by atoms with Gasteiger partial charge in [-0.2, -0.15) is 0 Å². The van der Waals surface area contributed by atoms with Crippen LogP contribution >= 0.6 is 0 Å². The molecule has 5 nitrogen and oxygen atoms in total. The van der Waals surface area contributed by atoms with Crippen molar-refractivity contribution >= 4 is 5.91 Å². The first kappa shape index (κ1) is 12.2. The van der Waals surface area contributed by atoms with Gasteiger partial charge < -0.3 is 14.7 Å². The molecule has 0 saturated heterocycles. The number of nitrogens with one attached hydrogen (secondary N) is 2. The molecule has 1 amide bonds. The number of hydrogen-bond donors (Lipinski definition) is 2. The highest BCUT2D eigenvalue weighted by Crippen LogP contribution is 2.04. The molecular weight excluding hydrogens is 232 g/mol. The van der Waals surface area contributed by atoms with Crippen molar-refractivity contribution in [2.45, 2.75) is 20.4 Å². The Kier molecular flexibility index (Phi) is 3.32. The number of H-pyrrole nitrogens is 1. The summed E-state index contributed by atoms with van der Waals surface area (Å²) >= 11 is 0. The number of carbonyl (C=O) groups excluding carboxylic acids is 1. The molecule has 0 spiro atoms. The molecule has 2 heterocycles. The van der Waals surface area contributed by atoms with E-state index < -0.39 is 0 Å². The fourth-order valence-corrected chi connectivity index (χ4v) is 1.77. The van der Waals surface area contributed by atoms with Crippen LogP contribution in [0.3, 0.4) is 0 Å². The predicted molar refractivity (Wildman–Crippen MR) is 66.4 cm³/mol. The van der Waals surface area contributed by atoms with Crippen molar-refractivity contribution in [2.75, 3.05) is 0 Å². The molecule has 0 radical (unpaired) electrons. The molecule has 0 aromatic carbocycles. The normalized spacial score (nSPS) is 10.3. The first-order valence-electron chi connectivity index (χ1n) is 5.57. The van der Waals surface area contributed by atoms with Crippen molar-refractivity contribution < 1.29 is 9.21 Å². The summed E-state index contributed by atoms with van der Waals surface area (Å²) in [5, 5.41) is 2.68. The van der Waals surface area contributed by atoms with E-state index in [9.17, 15) is 9.59 Å². The maximum absolute atomic E-state index is 11.7. The fraction of sp³-hybridized carbons (Fsp3) is 0.231. The molecule has 2 rings (SSSR count). The van der Waals surface area contributed by atoms with E-state index in [4.69, 9.17) is 4.42 Å². The summed E-state index contributed by atoms with van der Waals surface area (Å²) < 4.78 is 4.82. The third-order valence-electron chi connectivity index (χ3n) is 2.70. The molecule has 2 aromatic heterocycles. The largest absolute Gasteiger partial charge is 0.472 e. The van der Waals surface area contributed by atoms with Crippen molar-refractivity contribution in [1.29, 1.82) is 0 Å². The average Bonchev–Trinajstić information content (AvgIpc) is 2.80. The third kappa shape index (κ3) is 2.51. The number of rotatable bonds is 3. The molecule has 0 unspecified atom stereocenters.